The minimum Gasteiger partial charge on any atom is -0.465 e. The van der Waals surface area contributed by atoms with Crippen LogP contribution in [-0.4, -0.2) is 27.2 Å². The molecule has 2 aromatic rings. The van der Waals surface area contributed by atoms with E-state index in [1.54, 1.807) is 6.20 Å². The number of amides is 1. The van der Waals surface area contributed by atoms with Crippen LogP contribution in [0.3, 0.4) is 0 Å². The van der Waals surface area contributed by atoms with Crippen molar-refractivity contribution >= 4 is 44.7 Å². The zero-order chi connectivity index (χ0) is 15.0. The Kier molecular flexibility index (Phi) is 4.08. The maximum absolute atomic E-state index is 10.8. The Balaban J connectivity index is 1.86. The van der Waals surface area contributed by atoms with E-state index in [9.17, 15) is 4.79 Å². The number of aromatic nitrogens is 2. The largest absolute Gasteiger partial charge is 0.465 e. The molecule has 2 aromatic heterocycles. The number of nitrogens with one attached hydrogen (secondary N) is 2. The van der Waals surface area contributed by atoms with Crippen molar-refractivity contribution in [2.24, 2.45) is 0 Å². The molecule has 0 aliphatic heterocycles. The highest BCUT2D eigenvalue weighted by molar-refractivity contribution is 9.10. The van der Waals surface area contributed by atoms with Gasteiger partial charge in [0.2, 0.25) is 0 Å². The van der Waals surface area contributed by atoms with Gasteiger partial charge in [-0.05, 0) is 41.3 Å². The molecule has 3 N–H and O–H groups in total. The number of hydrogen-bond donors (Lipinski definition) is 3. The van der Waals surface area contributed by atoms with E-state index in [0.717, 1.165) is 46.9 Å². The van der Waals surface area contributed by atoms with Gasteiger partial charge in [-0.25, -0.2) is 9.78 Å². The highest BCUT2D eigenvalue weighted by Crippen LogP contribution is 2.36. The summed E-state index contributed by atoms with van der Waals surface area (Å²) in [7, 11) is 0. The second-order valence-corrected chi connectivity index (χ2v) is 6.62. The van der Waals surface area contributed by atoms with E-state index in [1.807, 2.05) is 0 Å². The Morgan fingerprint density at radius 2 is 2.33 bits per heavy atom. The van der Waals surface area contributed by atoms with Crippen molar-refractivity contribution in [3.05, 3.63) is 27.5 Å². The summed E-state index contributed by atoms with van der Waals surface area (Å²) in [6.45, 7) is 0. The van der Waals surface area contributed by atoms with Gasteiger partial charge in [0.15, 0.2) is 0 Å². The van der Waals surface area contributed by atoms with E-state index >= 15 is 0 Å². The van der Waals surface area contributed by atoms with Crippen LogP contribution < -0.4 is 5.32 Å². The molecule has 0 radical (unpaired) electrons. The van der Waals surface area contributed by atoms with Crippen molar-refractivity contribution in [2.75, 3.05) is 0 Å². The van der Waals surface area contributed by atoms with E-state index in [1.165, 1.54) is 0 Å². The van der Waals surface area contributed by atoms with Gasteiger partial charge in [-0.2, -0.15) is 0 Å². The minimum atomic E-state index is -0.950. The second kappa shape index (κ2) is 5.85. The normalized spacial score (nSPS) is 22.4. The molecule has 0 saturated heterocycles. The number of fused-ring (bicyclic) bond motifs is 1. The van der Waals surface area contributed by atoms with Crippen molar-refractivity contribution < 1.29 is 9.90 Å². The van der Waals surface area contributed by atoms with Crippen molar-refractivity contribution in [1.29, 1.82) is 0 Å². The molecular formula is C14H15BrClN3O2. The number of carboxylic acid groups (broad SMARTS) is 1. The van der Waals surface area contributed by atoms with Gasteiger partial charge in [0.1, 0.15) is 5.65 Å². The van der Waals surface area contributed by atoms with Crippen molar-refractivity contribution in [1.82, 2.24) is 15.3 Å². The number of H-pyrrole nitrogens is 1. The first kappa shape index (κ1) is 14.7. The molecule has 2 unspecified atom stereocenters. The second-order valence-electron chi connectivity index (χ2n) is 5.42. The maximum atomic E-state index is 10.8. The lowest BCUT2D eigenvalue weighted by Crippen LogP contribution is -2.37. The monoisotopic (exact) mass is 371 g/mol. The lowest BCUT2D eigenvalue weighted by Gasteiger charge is -2.28. The molecule has 0 spiro atoms. The Morgan fingerprint density at radius 1 is 1.52 bits per heavy atom. The summed E-state index contributed by atoms with van der Waals surface area (Å²) in [5.74, 6) is 0.315. The third-order valence-corrected chi connectivity index (χ3v) is 5.38. The zero-order valence-electron chi connectivity index (χ0n) is 11.2. The molecule has 1 amide bonds. The van der Waals surface area contributed by atoms with E-state index < -0.39 is 6.09 Å². The number of pyridine rings is 1. The van der Waals surface area contributed by atoms with Gasteiger partial charge in [0.25, 0.3) is 0 Å². The minimum absolute atomic E-state index is 0.0210. The number of nitrogens with zero attached hydrogens (tertiary/aromatic N) is 1. The SMILES string of the molecule is O=C(O)NC1CCCC(c2cc3c(Br)c(Cl)cnc3[nH]2)C1. The Bertz CT molecular complexity index is 688. The van der Waals surface area contributed by atoms with Crippen LogP contribution in [0.25, 0.3) is 11.0 Å². The van der Waals surface area contributed by atoms with Crippen LogP contribution in [0.4, 0.5) is 4.79 Å². The molecule has 1 aliphatic rings. The van der Waals surface area contributed by atoms with Gasteiger partial charge in [0.05, 0.1) is 5.02 Å². The number of aromatic amines is 1. The van der Waals surface area contributed by atoms with E-state index in [0.29, 0.717) is 10.9 Å². The van der Waals surface area contributed by atoms with Crippen LogP contribution in [0, 0.1) is 0 Å². The maximum Gasteiger partial charge on any atom is 0.404 e. The van der Waals surface area contributed by atoms with Crippen LogP contribution in [0.5, 0.6) is 0 Å². The third kappa shape index (κ3) is 3.01. The van der Waals surface area contributed by atoms with Crippen molar-refractivity contribution in [3.8, 4) is 0 Å². The molecule has 2 atom stereocenters. The molecule has 2 heterocycles. The molecular weight excluding hydrogens is 358 g/mol. The van der Waals surface area contributed by atoms with E-state index in [-0.39, 0.29) is 6.04 Å². The molecule has 0 aromatic carbocycles. The number of carbonyl (C=O) groups is 1. The highest BCUT2D eigenvalue weighted by Gasteiger charge is 2.26. The van der Waals surface area contributed by atoms with Crippen molar-refractivity contribution in [3.63, 3.8) is 0 Å². The van der Waals surface area contributed by atoms with Crippen LogP contribution in [0.15, 0.2) is 16.7 Å². The highest BCUT2D eigenvalue weighted by atomic mass is 79.9. The summed E-state index contributed by atoms with van der Waals surface area (Å²) in [6.07, 6.45) is 4.44. The fourth-order valence-electron chi connectivity index (χ4n) is 3.04. The molecule has 112 valence electrons. The van der Waals surface area contributed by atoms with Crippen LogP contribution >= 0.6 is 27.5 Å². The Hall–Kier alpha value is -1.27. The van der Waals surface area contributed by atoms with Gasteiger partial charge >= 0.3 is 6.09 Å². The summed E-state index contributed by atoms with van der Waals surface area (Å²) in [5, 5.41) is 13.0. The summed E-state index contributed by atoms with van der Waals surface area (Å²) in [6, 6.07) is 2.08. The lowest BCUT2D eigenvalue weighted by atomic mass is 9.84. The fraction of sp³-hybridized carbons (Fsp3) is 0.429. The quantitative estimate of drug-likeness (QED) is 0.736. The van der Waals surface area contributed by atoms with Crippen molar-refractivity contribution in [2.45, 2.75) is 37.6 Å². The smallest absolute Gasteiger partial charge is 0.404 e. The zero-order valence-corrected chi connectivity index (χ0v) is 13.5. The molecule has 1 aliphatic carbocycles. The van der Waals surface area contributed by atoms with Crippen LogP contribution in [-0.2, 0) is 0 Å². The number of hydrogen-bond acceptors (Lipinski definition) is 2. The fourth-order valence-corrected chi connectivity index (χ4v) is 3.59. The number of halogens is 2. The van der Waals surface area contributed by atoms with Gasteiger partial charge < -0.3 is 15.4 Å². The van der Waals surface area contributed by atoms with Gasteiger partial charge in [-0.3, -0.25) is 0 Å². The molecule has 1 fully saturated rings. The standard InChI is InChI=1S/C14H15BrClN3O2/c15-12-9-5-11(19-13(9)17-6-10(12)16)7-2-1-3-8(4-7)18-14(20)21/h5-8,18H,1-4H2,(H,17,19)(H,20,21). The average molecular weight is 373 g/mol. The van der Waals surface area contributed by atoms with Gasteiger partial charge in [-0.15, -0.1) is 0 Å². The van der Waals surface area contributed by atoms with E-state index in [4.69, 9.17) is 16.7 Å². The van der Waals surface area contributed by atoms with Crippen LogP contribution in [0.1, 0.15) is 37.3 Å². The summed E-state index contributed by atoms with van der Waals surface area (Å²) < 4.78 is 0.840. The lowest BCUT2D eigenvalue weighted by molar-refractivity contribution is 0.184. The Morgan fingerprint density at radius 3 is 3.10 bits per heavy atom. The molecule has 3 rings (SSSR count). The summed E-state index contributed by atoms with van der Waals surface area (Å²) >= 11 is 9.55. The topological polar surface area (TPSA) is 78.0 Å². The Labute approximate surface area is 135 Å². The first-order valence-electron chi connectivity index (χ1n) is 6.86. The molecule has 1 saturated carbocycles. The first-order chi connectivity index (χ1) is 10.0. The predicted octanol–water partition coefficient (Wildman–Crippen LogP) is 4.27. The predicted molar refractivity (Wildman–Crippen MR) is 85.0 cm³/mol. The van der Waals surface area contributed by atoms with Gasteiger partial charge in [0, 0.05) is 33.7 Å². The average Bonchev–Trinajstić information content (AvgIpc) is 2.87. The third-order valence-electron chi connectivity index (χ3n) is 4.01. The summed E-state index contributed by atoms with van der Waals surface area (Å²) in [5.41, 5.74) is 1.90. The van der Waals surface area contributed by atoms with E-state index in [2.05, 4.69) is 37.3 Å². The van der Waals surface area contributed by atoms with Crippen LogP contribution in [0.2, 0.25) is 5.02 Å². The summed E-state index contributed by atoms with van der Waals surface area (Å²) in [4.78, 5) is 18.4. The molecule has 5 nitrogen and oxygen atoms in total. The molecule has 21 heavy (non-hydrogen) atoms. The number of rotatable bonds is 2. The first-order valence-corrected chi connectivity index (χ1v) is 8.03. The van der Waals surface area contributed by atoms with Gasteiger partial charge in [-0.1, -0.05) is 18.0 Å². The molecule has 7 heteroatoms. The molecule has 0 bridgehead atoms.